The molecule has 0 bridgehead atoms. The van der Waals surface area contributed by atoms with Crippen molar-refractivity contribution in [2.75, 3.05) is 24.6 Å². The minimum atomic E-state index is -1.07. The van der Waals surface area contributed by atoms with Crippen molar-refractivity contribution in [3.05, 3.63) is 82.4 Å². The first-order valence-electron chi connectivity index (χ1n) is 15.7. The lowest BCUT2D eigenvalue weighted by atomic mass is 9.90. The van der Waals surface area contributed by atoms with Gasteiger partial charge in [0.05, 0.1) is 34.9 Å². The van der Waals surface area contributed by atoms with E-state index in [1.54, 1.807) is 18.3 Å². The van der Waals surface area contributed by atoms with E-state index >= 15 is 0 Å². The highest BCUT2D eigenvalue weighted by Gasteiger charge is 2.58. The summed E-state index contributed by atoms with van der Waals surface area (Å²) in [5.74, 6) is 1.67. The Labute approximate surface area is 263 Å². The molecule has 3 fully saturated rings. The Kier molecular flexibility index (Phi) is 5.86. The summed E-state index contributed by atoms with van der Waals surface area (Å²) in [5, 5.41) is 13.0. The van der Waals surface area contributed by atoms with E-state index in [1.807, 2.05) is 37.3 Å². The average Bonchev–Trinajstić information content (AvgIpc) is 3.34. The number of piperidine rings is 1. The predicted molar refractivity (Wildman–Crippen MR) is 165 cm³/mol. The zero-order chi connectivity index (χ0) is 31.0. The summed E-state index contributed by atoms with van der Waals surface area (Å²) < 4.78 is 25.7. The predicted octanol–water partition coefficient (Wildman–Crippen LogP) is 4.85. The molecule has 5 aromatic rings. The molecular formula is C34H31N7O5. The fraction of sp³-hybridized carbons (Fsp3) is 0.382. The molecule has 0 amide bonds. The number of nitriles is 1. The standard InChI is InChI=1S/C34H31N7O5/c1-33(28-8-5-20(17-35)18-36-28)44-27-4-2-3-25(29(27)45-33)40-12-10-34(11-13-40)16-23(34)31-37-24-7-6-21(30-38-32(42)46-39-30)15-26(24)41(31)19-22-9-14-43-22/h2-8,15,18,22-23H,9-14,16,19H2,1H3,(H,38,39,42). The van der Waals surface area contributed by atoms with Crippen LogP contribution in [0.15, 0.2) is 64.0 Å². The largest absolute Gasteiger partial charge is 0.443 e. The van der Waals surface area contributed by atoms with E-state index in [1.165, 1.54) is 0 Å². The summed E-state index contributed by atoms with van der Waals surface area (Å²) >= 11 is 0. The molecule has 6 heterocycles. The minimum absolute atomic E-state index is 0.177. The number of hydrogen-bond donors (Lipinski definition) is 1. The van der Waals surface area contributed by atoms with E-state index < -0.39 is 11.5 Å². The van der Waals surface area contributed by atoms with Crippen LogP contribution in [0, 0.1) is 16.7 Å². The topological polar surface area (TPSA) is 144 Å². The van der Waals surface area contributed by atoms with Gasteiger partial charge in [0.1, 0.15) is 17.6 Å². The number of H-pyrrole nitrogens is 1. The van der Waals surface area contributed by atoms with Crippen molar-refractivity contribution >= 4 is 16.7 Å². The highest BCUT2D eigenvalue weighted by Crippen LogP contribution is 2.65. The molecule has 9 rings (SSSR count). The second-order valence-electron chi connectivity index (χ2n) is 12.9. The molecule has 0 radical (unpaired) electrons. The van der Waals surface area contributed by atoms with E-state index in [0.717, 1.165) is 85.8 Å². The Morgan fingerprint density at radius 3 is 2.72 bits per heavy atom. The Balaban J connectivity index is 0.959. The number of nitrogens with one attached hydrogen (secondary N) is 1. The maximum absolute atomic E-state index is 11.6. The number of benzene rings is 2. The molecule has 2 aromatic carbocycles. The number of nitrogens with zero attached hydrogens (tertiary/aromatic N) is 6. The van der Waals surface area contributed by atoms with Gasteiger partial charge in [-0.2, -0.15) is 5.26 Å². The van der Waals surface area contributed by atoms with Crippen LogP contribution in [0.3, 0.4) is 0 Å². The molecule has 46 heavy (non-hydrogen) atoms. The smallest absolute Gasteiger partial charge is 0.439 e. The molecule has 1 saturated carbocycles. The van der Waals surface area contributed by atoms with Gasteiger partial charge in [-0.15, -0.1) is 0 Å². The van der Waals surface area contributed by atoms with E-state index in [4.69, 9.17) is 29.0 Å². The maximum Gasteiger partial charge on any atom is 0.439 e. The van der Waals surface area contributed by atoms with Crippen molar-refractivity contribution in [1.82, 2.24) is 24.7 Å². The van der Waals surface area contributed by atoms with Crippen LogP contribution in [-0.2, 0) is 17.1 Å². The van der Waals surface area contributed by atoms with Gasteiger partial charge in [0.25, 0.3) is 5.79 Å². The summed E-state index contributed by atoms with van der Waals surface area (Å²) in [5.41, 5.74) is 5.06. The summed E-state index contributed by atoms with van der Waals surface area (Å²) in [4.78, 5) is 26.3. The van der Waals surface area contributed by atoms with Crippen molar-refractivity contribution in [3.8, 4) is 29.0 Å². The third kappa shape index (κ3) is 4.29. The second-order valence-corrected chi connectivity index (χ2v) is 12.9. The molecule has 232 valence electrons. The first kappa shape index (κ1) is 27.2. The number of pyridine rings is 1. The third-order valence-corrected chi connectivity index (χ3v) is 10.2. The number of imidazole rings is 1. The Hall–Kier alpha value is -5.15. The number of anilines is 1. The normalized spacial score (nSPS) is 24.2. The van der Waals surface area contributed by atoms with Gasteiger partial charge in [0.2, 0.25) is 0 Å². The molecule has 3 aromatic heterocycles. The average molecular weight is 618 g/mol. The van der Waals surface area contributed by atoms with Crippen LogP contribution in [-0.4, -0.2) is 50.5 Å². The van der Waals surface area contributed by atoms with E-state index in [-0.39, 0.29) is 11.5 Å². The van der Waals surface area contributed by atoms with Crippen LogP contribution in [0.4, 0.5) is 5.69 Å². The van der Waals surface area contributed by atoms with Gasteiger partial charge in [-0.1, -0.05) is 11.2 Å². The maximum atomic E-state index is 11.6. The van der Waals surface area contributed by atoms with Crippen molar-refractivity contribution in [3.63, 3.8) is 0 Å². The molecule has 3 aliphatic heterocycles. The summed E-state index contributed by atoms with van der Waals surface area (Å²) in [6, 6.07) is 17.6. The van der Waals surface area contributed by atoms with Gasteiger partial charge in [0, 0.05) is 44.3 Å². The molecule has 3 unspecified atom stereocenters. The van der Waals surface area contributed by atoms with Crippen LogP contribution in [0.2, 0.25) is 0 Å². The van der Waals surface area contributed by atoms with Crippen LogP contribution < -0.4 is 20.1 Å². The molecule has 1 spiro atoms. The lowest BCUT2D eigenvalue weighted by Crippen LogP contribution is -2.36. The molecule has 12 heteroatoms. The zero-order valence-electron chi connectivity index (χ0n) is 25.2. The van der Waals surface area contributed by atoms with Crippen molar-refractivity contribution in [2.45, 2.75) is 57.0 Å². The van der Waals surface area contributed by atoms with Gasteiger partial charge in [0.15, 0.2) is 17.3 Å². The molecule has 2 saturated heterocycles. The van der Waals surface area contributed by atoms with Gasteiger partial charge in [-0.3, -0.25) is 14.5 Å². The monoisotopic (exact) mass is 617 g/mol. The number of rotatable bonds is 6. The molecule has 4 aliphatic rings. The molecule has 3 atom stereocenters. The van der Waals surface area contributed by atoms with Crippen LogP contribution >= 0.6 is 0 Å². The second kappa shape index (κ2) is 9.92. The Morgan fingerprint density at radius 2 is 2.00 bits per heavy atom. The molecule has 12 nitrogen and oxygen atoms in total. The first-order chi connectivity index (χ1) is 22.4. The van der Waals surface area contributed by atoms with Gasteiger partial charge in [-0.25, -0.2) is 9.78 Å². The lowest BCUT2D eigenvalue weighted by Gasteiger charge is -2.35. The number of aromatic nitrogens is 5. The molecule has 1 aliphatic carbocycles. The van der Waals surface area contributed by atoms with Gasteiger partial charge >= 0.3 is 5.76 Å². The lowest BCUT2D eigenvalue weighted by molar-refractivity contribution is -0.0716. The molecule has 1 N–H and O–H groups in total. The fourth-order valence-electron chi connectivity index (χ4n) is 7.39. The number of aromatic amines is 1. The van der Waals surface area contributed by atoms with Gasteiger partial charge < -0.3 is 23.7 Å². The van der Waals surface area contributed by atoms with Crippen molar-refractivity contribution in [1.29, 1.82) is 5.26 Å². The fourth-order valence-corrected chi connectivity index (χ4v) is 7.39. The van der Waals surface area contributed by atoms with E-state index in [0.29, 0.717) is 28.7 Å². The minimum Gasteiger partial charge on any atom is -0.443 e. The number of para-hydroxylation sites is 1. The number of hydrogen-bond acceptors (Lipinski definition) is 10. The highest BCUT2D eigenvalue weighted by molar-refractivity contribution is 5.81. The first-order valence-corrected chi connectivity index (χ1v) is 15.7. The van der Waals surface area contributed by atoms with E-state index in [2.05, 4.69) is 36.7 Å². The van der Waals surface area contributed by atoms with Crippen molar-refractivity contribution < 1.29 is 18.7 Å². The quantitative estimate of drug-likeness (QED) is 0.281. The third-order valence-electron chi connectivity index (χ3n) is 10.2. The number of ether oxygens (including phenoxy) is 3. The summed E-state index contributed by atoms with van der Waals surface area (Å²) in [7, 11) is 0. The van der Waals surface area contributed by atoms with Crippen LogP contribution in [0.5, 0.6) is 11.5 Å². The van der Waals surface area contributed by atoms with E-state index in [9.17, 15) is 4.79 Å². The summed E-state index contributed by atoms with van der Waals surface area (Å²) in [6.07, 6.45) is 5.95. The highest BCUT2D eigenvalue weighted by atomic mass is 16.7. The Morgan fingerprint density at radius 1 is 1.13 bits per heavy atom. The summed E-state index contributed by atoms with van der Waals surface area (Å²) in [6.45, 7) is 5.21. The van der Waals surface area contributed by atoms with Crippen LogP contribution in [0.1, 0.15) is 55.6 Å². The van der Waals surface area contributed by atoms with Gasteiger partial charge in [-0.05, 0) is 73.6 Å². The van der Waals surface area contributed by atoms with Crippen molar-refractivity contribution in [2.24, 2.45) is 5.41 Å². The molecular weight excluding hydrogens is 586 g/mol. The van der Waals surface area contributed by atoms with Crippen LogP contribution in [0.25, 0.3) is 22.4 Å². The zero-order valence-corrected chi connectivity index (χ0v) is 25.2. The Bertz CT molecular complexity index is 2080. The SMILES string of the molecule is CC1(c2ccc(C#N)cn2)Oc2cccc(N3CCC4(CC3)CC4c3nc4ccc(-c5noc(=O)[nH]5)cc4n3CC3CCO3)c2O1. The number of fused-ring (bicyclic) bond motifs is 2.